The second-order valence-corrected chi connectivity index (χ2v) is 5.98. The normalized spacial score (nSPS) is 15.3. The van der Waals surface area contributed by atoms with Crippen LogP contribution >= 0.6 is 0 Å². The van der Waals surface area contributed by atoms with Gasteiger partial charge in [0.05, 0.1) is 17.7 Å². The van der Waals surface area contributed by atoms with Crippen molar-refractivity contribution in [2.75, 3.05) is 0 Å². The molecule has 0 atom stereocenters. The molecule has 0 aliphatic carbocycles. The van der Waals surface area contributed by atoms with Gasteiger partial charge in [-0.05, 0) is 36.0 Å². The number of aromatic nitrogens is 1. The summed E-state index contributed by atoms with van der Waals surface area (Å²) in [5.74, 6) is -0.352. The molecule has 2 heterocycles. The zero-order valence-electron chi connectivity index (χ0n) is 19.8. The van der Waals surface area contributed by atoms with Gasteiger partial charge in [0.1, 0.15) is 11.2 Å². The average molecular weight is 332 g/mol. The number of pyridine rings is 1. The highest BCUT2D eigenvalue weighted by molar-refractivity contribution is 6.12. The summed E-state index contributed by atoms with van der Waals surface area (Å²) in [5, 5.41) is 1.29. The maximum atomic E-state index is 8.44. The molecule has 3 heteroatoms. The Bertz CT molecular complexity index is 1400. The van der Waals surface area contributed by atoms with Crippen molar-refractivity contribution >= 4 is 27.6 Å². The summed E-state index contributed by atoms with van der Waals surface area (Å²) in [6, 6.07) is 7.43. The third kappa shape index (κ3) is 2.56. The number of furan rings is 1. The number of para-hydroxylation sites is 1. The predicted molar refractivity (Wildman–Crippen MR) is 102 cm³/mol. The molecule has 0 radical (unpaired) electrons. The van der Waals surface area contributed by atoms with E-state index in [-0.39, 0.29) is 34.5 Å². The van der Waals surface area contributed by atoms with E-state index in [1.807, 2.05) is 0 Å². The van der Waals surface area contributed by atoms with Crippen LogP contribution in [0.4, 0.5) is 5.69 Å². The van der Waals surface area contributed by atoms with Crippen molar-refractivity contribution in [2.45, 2.75) is 20.2 Å². The molecule has 2 aromatic carbocycles. The van der Waals surface area contributed by atoms with Gasteiger partial charge in [-0.25, -0.2) is 4.85 Å². The first-order valence-corrected chi connectivity index (χ1v) is 7.90. The van der Waals surface area contributed by atoms with Gasteiger partial charge in [-0.3, -0.25) is 4.98 Å². The van der Waals surface area contributed by atoms with E-state index in [1.165, 1.54) is 0 Å². The first-order valence-electron chi connectivity index (χ1n) is 10.9. The van der Waals surface area contributed by atoms with E-state index in [2.05, 4.69) is 9.83 Å². The Kier molecular flexibility index (Phi) is 2.43. The topological polar surface area (TPSA) is 30.4 Å². The highest BCUT2D eigenvalue weighted by Crippen LogP contribution is 2.40. The summed E-state index contributed by atoms with van der Waals surface area (Å²) >= 11 is 0. The molecule has 0 N–H and O–H groups in total. The van der Waals surface area contributed by atoms with Crippen molar-refractivity contribution in [1.29, 1.82) is 0 Å². The Labute approximate surface area is 155 Å². The molecule has 0 unspecified atom stereocenters. The number of hydrogen-bond donors (Lipinski definition) is 0. The molecule has 0 bridgehead atoms. The fourth-order valence-corrected chi connectivity index (χ4v) is 2.93. The lowest BCUT2D eigenvalue weighted by Gasteiger charge is -2.07. The molecule has 122 valence electrons. The van der Waals surface area contributed by atoms with E-state index in [4.69, 9.17) is 19.2 Å². The number of hydrogen-bond acceptors (Lipinski definition) is 2. The third-order valence-electron chi connectivity index (χ3n) is 3.92. The summed E-state index contributed by atoms with van der Waals surface area (Å²) < 4.78 is 54.7. The molecule has 0 saturated carbocycles. The van der Waals surface area contributed by atoms with Gasteiger partial charge in [0.15, 0.2) is 0 Å². The monoisotopic (exact) mass is 332 g/mol. The SMILES string of the molecule is [2H]c1nc(-c2cccc3c2oc2c([N+]#[C-])c(C([2H])([2H])C(C)C)ccc23)c([2H])c([2H])c1[2H]. The van der Waals surface area contributed by atoms with Gasteiger partial charge >= 0.3 is 0 Å². The summed E-state index contributed by atoms with van der Waals surface area (Å²) in [6.07, 6.45) is -2.13. The second kappa shape index (κ2) is 6.07. The number of benzene rings is 2. The van der Waals surface area contributed by atoms with Crippen LogP contribution < -0.4 is 0 Å². The van der Waals surface area contributed by atoms with Gasteiger partial charge in [0, 0.05) is 25.3 Å². The van der Waals surface area contributed by atoms with E-state index < -0.39 is 24.6 Å². The van der Waals surface area contributed by atoms with Gasteiger partial charge in [-0.2, -0.15) is 0 Å². The van der Waals surface area contributed by atoms with Crippen molar-refractivity contribution in [3.63, 3.8) is 0 Å². The van der Waals surface area contributed by atoms with Crippen LogP contribution in [-0.2, 0) is 6.37 Å². The average Bonchev–Trinajstić information content (AvgIpc) is 3.13. The van der Waals surface area contributed by atoms with Crippen molar-refractivity contribution < 1.29 is 12.6 Å². The lowest BCUT2D eigenvalue weighted by Crippen LogP contribution is -1.93. The molecule has 4 aromatic rings. The van der Waals surface area contributed by atoms with Crippen molar-refractivity contribution in [2.24, 2.45) is 5.92 Å². The van der Waals surface area contributed by atoms with E-state index >= 15 is 0 Å². The van der Waals surface area contributed by atoms with Gasteiger partial charge in [-0.15, -0.1) is 0 Å². The lowest BCUT2D eigenvalue weighted by molar-refractivity contribution is 0.645. The third-order valence-corrected chi connectivity index (χ3v) is 3.92. The number of rotatable bonds is 3. The Morgan fingerprint density at radius 1 is 1.20 bits per heavy atom. The highest BCUT2D eigenvalue weighted by atomic mass is 16.3. The van der Waals surface area contributed by atoms with Crippen LogP contribution in [0, 0.1) is 12.5 Å². The molecule has 0 amide bonds. The van der Waals surface area contributed by atoms with Gasteiger partial charge in [-0.1, -0.05) is 44.2 Å². The Balaban J connectivity index is 2.09. The zero-order valence-corrected chi connectivity index (χ0v) is 13.8. The van der Waals surface area contributed by atoms with Crippen molar-refractivity contribution in [3.05, 3.63) is 71.6 Å². The summed E-state index contributed by atoms with van der Waals surface area (Å²) in [4.78, 5) is 7.62. The quantitative estimate of drug-likeness (QED) is 0.406. The summed E-state index contributed by atoms with van der Waals surface area (Å²) in [7, 11) is 0. The minimum atomic E-state index is -1.73. The second-order valence-electron chi connectivity index (χ2n) is 5.98. The van der Waals surface area contributed by atoms with Gasteiger partial charge in [0.25, 0.3) is 0 Å². The zero-order chi connectivity index (χ0) is 22.7. The molecule has 0 fully saturated rings. The highest BCUT2D eigenvalue weighted by Gasteiger charge is 2.17. The molecule has 25 heavy (non-hydrogen) atoms. The van der Waals surface area contributed by atoms with E-state index in [0.717, 1.165) is 0 Å². The first-order chi connectivity index (χ1) is 14.6. The molecular formula is C22H18N2O. The van der Waals surface area contributed by atoms with Crippen LogP contribution in [0.15, 0.2) is 59.0 Å². The van der Waals surface area contributed by atoms with Gasteiger partial charge < -0.3 is 4.42 Å². The first kappa shape index (κ1) is 10.0. The van der Waals surface area contributed by atoms with Crippen molar-refractivity contribution in [1.82, 2.24) is 4.98 Å². The molecule has 3 nitrogen and oxygen atoms in total. The predicted octanol–water partition coefficient (Wildman–Crippen LogP) is 6.40. The van der Waals surface area contributed by atoms with E-state index in [1.54, 1.807) is 44.2 Å². The Hall–Kier alpha value is -3.12. The molecule has 2 aromatic heterocycles. The summed E-state index contributed by atoms with van der Waals surface area (Å²) in [6.45, 7) is 11.2. The van der Waals surface area contributed by atoms with E-state index in [9.17, 15) is 0 Å². The fourth-order valence-electron chi connectivity index (χ4n) is 2.93. The maximum Gasteiger partial charge on any atom is 0.232 e. The van der Waals surface area contributed by atoms with E-state index in [0.29, 0.717) is 21.9 Å². The standard InChI is InChI=1S/C22H18N2O/c1-14(2)13-15-10-11-17-16-7-6-8-18(19-9-4-5-12-24-19)21(16)25-22(17)20(15)23-3/h4-12,14H,13H2,1-2H3/i4D,5D,9D,12D,13D2. The van der Waals surface area contributed by atoms with Crippen LogP contribution in [0.2, 0.25) is 0 Å². The van der Waals surface area contributed by atoms with Crippen LogP contribution in [0.25, 0.3) is 38.0 Å². The lowest BCUT2D eigenvalue weighted by atomic mass is 9.99. The van der Waals surface area contributed by atoms with Crippen LogP contribution in [0.3, 0.4) is 0 Å². The molecule has 0 spiro atoms. The molecule has 4 rings (SSSR count). The maximum absolute atomic E-state index is 8.44. The van der Waals surface area contributed by atoms with Gasteiger partial charge in [0.2, 0.25) is 5.69 Å². The Morgan fingerprint density at radius 3 is 2.84 bits per heavy atom. The summed E-state index contributed by atoms with van der Waals surface area (Å²) in [5.41, 5.74) is 1.37. The van der Waals surface area contributed by atoms with Crippen LogP contribution in [0.1, 0.15) is 27.6 Å². The Morgan fingerprint density at radius 2 is 2.04 bits per heavy atom. The molecular weight excluding hydrogens is 308 g/mol. The van der Waals surface area contributed by atoms with Crippen LogP contribution in [-0.4, -0.2) is 4.98 Å². The number of nitrogens with zero attached hydrogens (tertiary/aromatic N) is 2. The molecule has 0 saturated heterocycles. The molecule has 0 aliphatic rings. The largest absolute Gasteiger partial charge is 0.466 e. The number of fused-ring (bicyclic) bond motifs is 3. The van der Waals surface area contributed by atoms with Crippen LogP contribution in [0.5, 0.6) is 0 Å². The minimum Gasteiger partial charge on any atom is -0.466 e. The minimum absolute atomic E-state index is 0.0535. The fraction of sp³-hybridized carbons (Fsp3) is 0.182. The smallest absolute Gasteiger partial charge is 0.232 e. The molecule has 0 aliphatic heterocycles. The van der Waals surface area contributed by atoms with Crippen molar-refractivity contribution in [3.8, 4) is 11.3 Å².